The Hall–Kier alpha value is -2.95. The summed E-state index contributed by atoms with van der Waals surface area (Å²) in [4.78, 5) is 28.0. The topological polar surface area (TPSA) is 65.0 Å². The minimum absolute atomic E-state index is 0.218. The van der Waals surface area contributed by atoms with Crippen LogP contribution in [0.15, 0.2) is 41.4 Å². The van der Waals surface area contributed by atoms with Crippen LogP contribution in [0.2, 0.25) is 0 Å². The monoisotopic (exact) mass is 295 g/mol. The average Bonchev–Trinajstić information content (AvgIpc) is 2.93. The number of nitrogens with zero attached hydrogens (tertiary/aromatic N) is 1. The highest BCUT2D eigenvalue weighted by molar-refractivity contribution is 6.11. The maximum atomic E-state index is 12.7. The summed E-state index contributed by atoms with van der Waals surface area (Å²) in [5.41, 5.74) is 0.840. The number of benzene rings is 2. The van der Waals surface area contributed by atoms with Gasteiger partial charge >= 0.3 is 0 Å². The molecule has 1 heterocycles. The number of para-hydroxylation sites is 1. The van der Waals surface area contributed by atoms with Crippen LogP contribution in [0.1, 0.15) is 15.9 Å². The Kier molecular flexibility index (Phi) is 3.47. The normalized spacial score (nSPS) is 12.2. The van der Waals surface area contributed by atoms with Crippen LogP contribution in [0.4, 0.5) is 0 Å². The standard InChI is InChI=1S/C17H13NO4/c1-21-13-7-6-11(8-14(13)22-2)17(20)12-5-3-4-10-9-15(19)18-16(10)12/h3-9H,1-2H3. The van der Waals surface area contributed by atoms with Crippen molar-refractivity contribution < 1.29 is 19.1 Å². The Morgan fingerprint density at radius 1 is 1.05 bits per heavy atom. The molecule has 0 radical (unpaired) electrons. The van der Waals surface area contributed by atoms with Crippen molar-refractivity contribution in [2.75, 3.05) is 14.2 Å². The Balaban J connectivity index is 2.11. The van der Waals surface area contributed by atoms with Gasteiger partial charge in [0.25, 0.3) is 5.91 Å². The molecule has 0 bridgehead atoms. The van der Waals surface area contributed by atoms with Crippen LogP contribution in [0, 0.1) is 0 Å². The molecule has 1 amide bonds. The lowest BCUT2D eigenvalue weighted by Gasteiger charge is -2.09. The second-order valence-corrected chi connectivity index (χ2v) is 4.74. The van der Waals surface area contributed by atoms with Gasteiger partial charge in [0.15, 0.2) is 17.3 Å². The highest BCUT2D eigenvalue weighted by Gasteiger charge is 2.17. The van der Waals surface area contributed by atoms with Gasteiger partial charge in [-0.1, -0.05) is 12.1 Å². The lowest BCUT2D eigenvalue weighted by atomic mass is 10.0. The van der Waals surface area contributed by atoms with E-state index in [9.17, 15) is 9.59 Å². The molecule has 0 aromatic heterocycles. The predicted octanol–water partition coefficient (Wildman–Crippen LogP) is 0.875. The Labute approximate surface area is 126 Å². The molecule has 5 nitrogen and oxygen atoms in total. The van der Waals surface area contributed by atoms with Crippen LogP contribution in [0.25, 0.3) is 6.08 Å². The molecule has 0 N–H and O–H groups in total. The minimum atomic E-state index is -0.345. The van der Waals surface area contributed by atoms with E-state index >= 15 is 0 Å². The van der Waals surface area contributed by atoms with Gasteiger partial charge in [0, 0.05) is 22.4 Å². The van der Waals surface area contributed by atoms with E-state index in [1.54, 1.807) is 36.4 Å². The number of carbonyl (C=O) groups is 2. The van der Waals surface area contributed by atoms with E-state index in [1.807, 2.05) is 0 Å². The van der Waals surface area contributed by atoms with E-state index in [0.29, 0.717) is 33.2 Å². The number of fused-ring (bicyclic) bond motifs is 1. The molecule has 2 aromatic carbocycles. The van der Waals surface area contributed by atoms with Crippen molar-refractivity contribution in [3.8, 4) is 11.5 Å². The summed E-state index contributed by atoms with van der Waals surface area (Å²) in [6.07, 6.45) is 1.42. The summed E-state index contributed by atoms with van der Waals surface area (Å²) >= 11 is 0. The summed E-state index contributed by atoms with van der Waals surface area (Å²) in [6.45, 7) is 0. The summed E-state index contributed by atoms with van der Waals surface area (Å²) in [6, 6.07) is 10.1. The van der Waals surface area contributed by atoms with Crippen molar-refractivity contribution in [1.82, 2.24) is 0 Å². The van der Waals surface area contributed by atoms with Gasteiger partial charge in [-0.15, -0.1) is 0 Å². The van der Waals surface area contributed by atoms with Crippen molar-refractivity contribution in [1.29, 1.82) is 0 Å². The van der Waals surface area contributed by atoms with Crippen molar-refractivity contribution >= 4 is 17.8 Å². The van der Waals surface area contributed by atoms with E-state index in [2.05, 4.69) is 4.99 Å². The van der Waals surface area contributed by atoms with Crippen LogP contribution in [-0.4, -0.2) is 25.9 Å². The zero-order valence-electron chi connectivity index (χ0n) is 12.1. The van der Waals surface area contributed by atoms with Gasteiger partial charge in [-0.25, -0.2) is 4.99 Å². The van der Waals surface area contributed by atoms with Gasteiger partial charge in [0.1, 0.15) is 0 Å². The zero-order chi connectivity index (χ0) is 15.7. The second-order valence-electron chi connectivity index (χ2n) is 4.74. The molecule has 5 heteroatoms. The van der Waals surface area contributed by atoms with Crippen LogP contribution < -0.4 is 20.0 Å². The molecule has 110 valence electrons. The first-order chi connectivity index (χ1) is 10.6. The van der Waals surface area contributed by atoms with E-state index in [-0.39, 0.29) is 11.7 Å². The molecule has 0 saturated heterocycles. The molecule has 0 unspecified atom stereocenters. The van der Waals surface area contributed by atoms with Crippen molar-refractivity contribution in [3.05, 3.63) is 58.1 Å². The quantitative estimate of drug-likeness (QED) is 0.785. The lowest BCUT2D eigenvalue weighted by molar-refractivity contribution is -0.112. The van der Waals surface area contributed by atoms with E-state index in [0.717, 1.165) is 0 Å². The third-order valence-corrected chi connectivity index (χ3v) is 3.46. The second kappa shape index (κ2) is 5.44. The van der Waals surface area contributed by atoms with Gasteiger partial charge in [-0.05, 0) is 24.3 Å². The van der Waals surface area contributed by atoms with Gasteiger partial charge in [-0.3, -0.25) is 9.59 Å². The molecule has 1 aliphatic rings. The summed E-state index contributed by atoms with van der Waals surface area (Å²) in [5, 5.41) is 1.09. The van der Waals surface area contributed by atoms with Crippen molar-refractivity contribution in [3.63, 3.8) is 0 Å². The van der Waals surface area contributed by atoms with Crippen LogP contribution in [0.5, 0.6) is 11.5 Å². The van der Waals surface area contributed by atoms with E-state index < -0.39 is 0 Å². The summed E-state index contributed by atoms with van der Waals surface area (Å²) in [7, 11) is 3.04. The summed E-state index contributed by atoms with van der Waals surface area (Å²) < 4.78 is 10.4. The van der Waals surface area contributed by atoms with Crippen LogP contribution >= 0.6 is 0 Å². The zero-order valence-corrected chi connectivity index (χ0v) is 12.1. The minimum Gasteiger partial charge on any atom is -0.493 e. The van der Waals surface area contributed by atoms with Gasteiger partial charge in [0.2, 0.25) is 0 Å². The number of ether oxygens (including phenoxy) is 2. The number of hydrogen-bond acceptors (Lipinski definition) is 4. The fourth-order valence-corrected chi connectivity index (χ4v) is 2.39. The number of carbonyl (C=O) groups excluding carboxylic acids is 2. The number of ketones is 1. The first-order valence-corrected chi connectivity index (χ1v) is 6.64. The molecule has 22 heavy (non-hydrogen) atoms. The Morgan fingerprint density at radius 3 is 2.55 bits per heavy atom. The molecular weight excluding hydrogens is 282 g/mol. The molecule has 2 aromatic rings. The smallest absolute Gasteiger partial charge is 0.270 e. The van der Waals surface area contributed by atoms with Crippen LogP contribution in [-0.2, 0) is 4.79 Å². The van der Waals surface area contributed by atoms with E-state index in [4.69, 9.17) is 9.47 Å². The maximum absolute atomic E-state index is 12.7. The lowest BCUT2D eigenvalue weighted by Crippen LogP contribution is -2.28. The number of rotatable bonds is 4. The molecule has 0 saturated carbocycles. The molecule has 1 aliphatic heterocycles. The highest BCUT2D eigenvalue weighted by atomic mass is 16.5. The SMILES string of the molecule is COc1ccc(C(=O)c2cccc3c2=NC(=O)C=3)cc1OC. The maximum Gasteiger partial charge on any atom is 0.270 e. The van der Waals surface area contributed by atoms with Gasteiger partial charge in [0.05, 0.1) is 19.6 Å². The molecule has 0 spiro atoms. The average molecular weight is 295 g/mol. The van der Waals surface area contributed by atoms with Crippen LogP contribution in [0.3, 0.4) is 0 Å². The molecular formula is C17H13NO4. The summed E-state index contributed by atoms with van der Waals surface area (Å²) in [5.74, 6) is 0.457. The Morgan fingerprint density at radius 2 is 1.82 bits per heavy atom. The number of hydrogen-bond donors (Lipinski definition) is 0. The molecule has 3 rings (SSSR count). The number of methoxy groups -OCH3 is 2. The highest BCUT2D eigenvalue weighted by Crippen LogP contribution is 2.28. The van der Waals surface area contributed by atoms with Gasteiger partial charge in [-0.2, -0.15) is 0 Å². The largest absolute Gasteiger partial charge is 0.493 e. The third kappa shape index (κ3) is 2.26. The Bertz CT molecular complexity index is 899. The molecule has 0 aliphatic carbocycles. The first-order valence-electron chi connectivity index (χ1n) is 6.64. The van der Waals surface area contributed by atoms with Crippen molar-refractivity contribution in [2.45, 2.75) is 0 Å². The number of amides is 1. The third-order valence-electron chi connectivity index (χ3n) is 3.46. The van der Waals surface area contributed by atoms with Crippen molar-refractivity contribution in [2.24, 2.45) is 4.99 Å². The predicted molar refractivity (Wildman–Crippen MR) is 79.7 cm³/mol. The fourth-order valence-electron chi connectivity index (χ4n) is 2.39. The fraction of sp³-hybridized carbons (Fsp3) is 0.118. The molecule has 0 atom stereocenters. The van der Waals surface area contributed by atoms with E-state index in [1.165, 1.54) is 20.3 Å². The molecule has 0 fully saturated rings. The first kappa shape index (κ1) is 14.0. The van der Waals surface area contributed by atoms with Gasteiger partial charge < -0.3 is 9.47 Å².